The minimum absolute atomic E-state index is 0.00399. The van der Waals surface area contributed by atoms with Gasteiger partial charge in [0.15, 0.2) is 6.61 Å². The van der Waals surface area contributed by atoms with E-state index in [1.807, 2.05) is 38.1 Å². The van der Waals surface area contributed by atoms with Crippen LogP contribution in [0, 0.1) is 13.8 Å². The number of para-hydroxylation sites is 1. The van der Waals surface area contributed by atoms with Gasteiger partial charge in [0, 0.05) is 5.69 Å². The third kappa shape index (κ3) is 4.85. The Bertz CT molecular complexity index is 757. The number of benzene rings is 2. The molecule has 0 fully saturated rings. The van der Waals surface area contributed by atoms with E-state index in [-0.39, 0.29) is 17.9 Å². The first-order valence-corrected chi connectivity index (χ1v) is 8.84. The average molecular weight is 339 g/mol. The maximum Gasteiger partial charge on any atom is 0.262 e. The van der Waals surface area contributed by atoms with Crippen molar-refractivity contribution < 1.29 is 9.53 Å². The lowest BCUT2D eigenvalue weighted by Crippen LogP contribution is -2.23. The lowest BCUT2D eigenvalue weighted by atomic mass is 9.86. The molecule has 0 aliphatic carbocycles. The Balaban J connectivity index is 2.13. The molecule has 25 heavy (non-hydrogen) atoms. The van der Waals surface area contributed by atoms with Gasteiger partial charge < -0.3 is 10.1 Å². The van der Waals surface area contributed by atoms with E-state index in [1.54, 1.807) is 0 Å². The molecule has 2 aromatic carbocycles. The molecule has 0 aliphatic rings. The normalized spacial score (nSPS) is 11.3. The summed E-state index contributed by atoms with van der Waals surface area (Å²) in [6.45, 7) is 12.6. The van der Waals surface area contributed by atoms with Crippen molar-refractivity contribution >= 4 is 11.6 Å². The predicted octanol–water partition coefficient (Wildman–Crippen LogP) is 5.18. The first-order chi connectivity index (χ1) is 11.7. The van der Waals surface area contributed by atoms with Crippen LogP contribution in [0.2, 0.25) is 0 Å². The minimum Gasteiger partial charge on any atom is -0.483 e. The number of aryl methyl sites for hydroxylation is 3. The van der Waals surface area contributed by atoms with Crippen molar-refractivity contribution in [3.05, 3.63) is 58.7 Å². The quantitative estimate of drug-likeness (QED) is 0.815. The van der Waals surface area contributed by atoms with Crippen molar-refractivity contribution in [3.63, 3.8) is 0 Å². The van der Waals surface area contributed by atoms with E-state index in [2.05, 4.69) is 45.1 Å². The molecule has 3 heteroatoms. The zero-order chi connectivity index (χ0) is 18.6. The van der Waals surface area contributed by atoms with E-state index < -0.39 is 0 Å². The monoisotopic (exact) mass is 339 g/mol. The summed E-state index contributed by atoms with van der Waals surface area (Å²) in [6, 6.07) is 12.2. The van der Waals surface area contributed by atoms with Crippen LogP contribution in [0.1, 0.15) is 49.9 Å². The molecule has 0 atom stereocenters. The second-order valence-corrected chi connectivity index (χ2v) is 7.55. The fraction of sp³-hybridized carbons (Fsp3) is 0.409. The summed E-state index contributed by atoms with van der Waals surface area (Å²) in [6.07, 6.45) is 0.879. The summed E-state index contributed by atoms with van der Waals surface area (Å²) in [5.41, 5.74) is 5.30. The van der Waals surface area contributed by atoms with E-state index in [0.717, 1.165) is 40.1 Å². The molecular formula is C22H29NO2. The first kappa shape index (κ1) is 19.0. The predicted molar refractivity (Wildman–Crippen MR) is 105 cm³/mol. The number of carbonyl (C=O) groups is 1. The molecule has 0 aromatic heterocycles. The van der Waals surface area contributed by atoms with Crippen LogP contribution in [0.25, 0.3) is 0 Å². The van der Waals surface area contributed by atoms with Crippen LogP contribution in [0.4, 0.5) is 5.69 Å². The van der Waals surface area contributed by atoms with E-state index in [4.69, 9.17) is 4.74 Å². The van der Waals surface area contributed by atoms with Gasteiger partial charge in [0.2, 0.25) is 0 Å². The van der Waals surface area contributed by atoms with Crippen LogP contribution >= 0.6 is 0 Å². The van der Waals surface area contributed by atoms with Gasteiger partial charge in [-0.3, -0.25) is 4.79 Å². The number of rotatable bonds is 5. The van der Waals surface area contributed by atoms with E-state index in [1.165, 1.54) is 0 Å². The zero-order valence-electron chi connectivity index (χ0n) is 16.2. The second kappa shape index (κ2) is 7.73. The van der Waals surface area contributed by atoms with Crippen LogP contribution in [-0.2, 0) is 16.6 Å². The number of hydrogen-bond acceptors (Lipinski definition) is 2. The highest BCUT2D eigenvalue weighted by Gasteiger charge is 2.19. The molecule has 0 spiro atoms. The van der Waals surface area contributed by atoms with Crippen molar-refractivity contribution in [1.29, 1.82) is 0 Å². The van der Waals surface area contributed by atoms with Gasteiger partial charge in [0.1, 0.15) is 5.75 Å². The Morgan fingerprint density at radius 3 is 2.48 bits per heavy atom. The fourth-order valence-corrected chi connectivity index (χ4v) is 2.89. The summed E-state index contributed by atoms with van der Waals surface area (Å²) < 4.78 is 5.88. The SMILES string of the molecule is CCc1cccc(C)c1NC(=O)COc1cc(C)ccc1C(C)(C)C. The standard InChI is InChI=1S/C22H29NO2/c1-7-17-10-8-9-16(3)21(17)23-20(24)14-25-19-13-15(2)11-12-18(19)22(4,5)6/h8-13H,7,14H2,1-6H3,(H,23,24). The Kier molecular flexibility index (Phi) is 5.89. The largest absolute Gasteiger partial charge is 0.483 e. The fourth-order valence-electron chi connectivity index (χ4n) is 2.89. The summed E-state index contributed by atoms with van der Waals surface area (Å²) in [5.74, 6) is 0.647. The molecule has 0 unspecified atom stereocenters. The highest BCUT2D eigenvalue weighted by Crippen LogP contribution is 2.32. The maximum absolute atomic E-state index is 12.4. The van der Waals surface area contributed by atoms with Gasteiger partial charge in [-0.1, -0.05) is 58.0 Å². The number of anilines is 1. The topological polar surface area (TPSA) is 38.3 Å². The van der Waals surface area contributed by atoms with E-state index in [0.29, 0.717) is 0 Å². The van der Waals surface area contributed by atoms with Crippen molar-refractivity contribution in [2.75, 3.05) is 11.9 Å². The van der Waals surface area contributed by atoms with Crippen LogP contribution in [0.15, 0.2) is 36.4 Å². The van der Waals surface area contributed by atoms with Crippen molar-refractivity contribution in [2.24, 2.45) is 0 Å². The van der Waals surface area contributed by atoms with Crippen molar-refractivity contribution in [1.82, 2.24) is 0 Å². The van der Waals surface area contributed by atoms with Crippen molar-refractivity contribution in [2.45, 2.75) is 53.4 Å². The van der Waals surface area contributed by atoms with Crippen LogP contribution in [0.3, 0.4) is 0 Å². The number of amides is 1. The molecule has 1 amide bonds. The lowest BCUT2D eigenvalue weighted by molar-refractivity contribution is -0.118. The highest BCUT2D eigenvalue weighted by atomic mass is 16.5. The van der Waals surface area contributed by atoms with Crippen LogP contribution in [0.5, 0.6) is 5.75 Å². The molecule has 1 N–H and O–H groups in total. The Morgan fingerprint density at radius 1 is 1.12 bits per heavy atom. The van der Waals surface area contributed by atoms with Gasteiger partial charge in [-0.25, -0.2) is 0 Å². The molecule has 0 heterocycles. The molecule has 0 radical (unpaired) electrons. The summed E-state index contributed by atoms with van der Waals surface area (Å²) in [4.78, 5) is 12.4. The molecule has 0 saturated carbocycles. The number of ether oxygens (including phenoxy) is 1. The third-order valence-electron chi connectivity index (χ3n) is 4.31. The Labute approximate surface area is 151 Å². The van der Waals surface area contributed by atoms with Gasteiger partial charge in [0.05, 0.1) is 0 Å². The molecule has 2 aromatic rings. The van der Waals surface area contributed by atoms with E-state index in [9.17, 15) is 4.79 Å². The van der Waals surface area contributed by atoms with Crippen molar-refractivity contribution in [3.8, 4) is 5.75 Å². The Morgan fingerprint density at radius 2 is 1.84 bits per heavy atom. The number of hydrogen-bond donors (Lipinski definition) is 1. The average Bonchev–Trinajstić information content (AvgIpc) is 2.53. The molecule has 0 aliphatic heterocycles. The van der Waals surface area contributed by atoms with E-state index >= 15 is 0 Å². The van der Waals surface area contributed by atoms with Gasteiger partial charge in [-0.15, -0.1) is 0 Å². The molecule has 134 valence electrons. The zero-order valence-corrected chi connectivity index (χ0v) is 16.2. The molecule has 3 nitrogen and oxygen atoms in total. The Hall–Kier alpha value is -2.29. The molecule has 0 saturated heterocycles. The maximum atomic E-state index is 12.4. The number of carbonyl (C=O) groups excluding carboxylic acids is 1. The second-order valence-electron chi connectivity index (χ2n) is 7.55. The summed E-state index contributed by atoms with van der Waals surface area (Å²) in [7, 11) is 0. The minimum atomic E-state index is -0.134. The smallest absolute Gasteiger partial charge is 0.262 e. The van der Waals surface area contributed by atoms with Gasteiger partial charge in [-0.2, -0.15) is 0 Å². The van der Waals surface area contributed by atoms with Gasteiger partial charge in [-0.05, 0) is 54.0 Å². The van der Waals surface area contributed by atoms with Crippen LogP contribution < -0.4 is 10.1 Å². The van der Waals surface area contributed by atoms with Crippen LogP contribution in [-0.4, -0.2) is 12.5 Å². The molecule has 2 rings (SSSR count). The highest BCUT2D eigenvalue weighted by molar-refractivity contribution is 5.93. The number of nitrogens with one attached hydrogen (secondary N) is 1. The summed E-state index contributed by atoms with van der Waals surface area (Å²) >= 11 is 0. The molecule has 0 bridgehead atoms. The lowest BCUT2D eigenvalue weighted by Gasteiger charge is -2.23. The summed E-state index contributed by atoms with van der Waals surface area (Å²) in [5, 5.41) is 3.01. The van der Waals surface area contributed by atoms with Gasteiger partial charge in [0.25, 0.3) is 5.91 Å². The van der Waals surface area contributed by atoms with Gasteiger partial charge >= 0.3 is 0 Å². The molecular weight excluding hydrogens is 310 g/mol. The third-order valence-corrected chi connectivity index (χ3v) is 4.31. The first-order valence-electron chi connectivity index (χ1n) is 8.84.